The summed E-state index contributed by atoms with van der Waals surface area (Å²) < 4.78 is 38.2. The molecule has 0 fully saturated rings. The van der Waals surface area contributed by atoms with Gasteiger partial charge in [0.25, 0.3) is 0 Å². The summed E-state index contributed by atoms with van der Waals surface area (Å²) in [6.07, 6.45) is -4.60. The molecule has 0 N–H and O–H groups in total. The number of hydrogen-bond donors (Lipinski definition) is 0. The van der Waals surface area contributed by atoms with Gasteiger partial charge in [-0.15, -0.1) is 13.2 Å². The van der Waals surface area contributed by atoms with Gasteiger partial charge < -0.3 is 6.16 Å². The first-order chi connectivity index (χ1) is 5.08. The fourth-order valence-corrected chi connectivity index (χ4v) is 0.622. The van der Waals surface area contributed by atoms with E-state index >= 15 is 0 Å². The third-order valence-corrected chi connectivity index (χ3v) is 0.977. The molecule has 0 aliphatic carbocycles. The molecule has 1 aromatic rings. The van der Waals surface area contributed by atoms with Crippen LogP contribution in [0, 0.1) is 0 Å². The van der Waals surface area contributed by atoms with Crippen molar-refractivity contribution < 1.29 is 48.9 Å². The molecule has 5 heteroatoms. The summed E-state index contributed by atoms with van der Waals surface area (Å²) in [5.41, 5.74) is 0. The molecule has 0 aromatic heterocycles. The molecule has 0 radical (unpaired) electrons. The summed E-state index contributed by atoms with van der Waals surface area (Å²) in [7, 11) is 0. The van der Waals surface area contributed by atoms with Crippen molar-refractivity contribution in [2.75, 3.05) is 0 Å². The van der Waals surface area contributed by atoms with Crippen molar-refractivity contribution in [1.82, 2.24) is 0 Å². The predicted molar refractivity (Wildman–Crippen MR) is 34.2 cm³/mol. The molecule has 0 spiro atoms. The maximum absolute atomic E-state index is 11.5. The first-order valence-electron chi connectivity index (χ1n) is 2.89. The number of hydrogen-bond acceptors (Lipinski definition) is 1. The Morgan fingerprint density at radius 1 is 1.08 bits per heavy atom. The van der Waals surface area contributed by atoms with E-state index in [2.05, 4.69) is 4.74 Å². The van der Waals surface area contributed by atoms with Crippen molar-refractivity contribution >= 4 is 0 Å². The Hall–Kier alpha value is -0.190. The van der Waals surface area contributed by atoms with E-state index in [1.165, 1.54) is 24.3 Å². The average molecular weight is 186 g/mol. The number of benzene rings is 1. The number of rotatable bonds is 1. The minimum absolute atomic E-state index is 0. The van der Waals surface area contributed by atoms with Crippen LogP contribution in [0.25, 0.3) is 0 Å². The van der Waals surface area contributed by atoms with E-state index in [1.807, 2.05) is 0 Å². The molecule has 0 saturated carbocycles. The summed E-state index contributed by atoms with van der Waals surface area (Å²) in [6, 6.07) is 7.05. The molecule has 0 amide bonds. The van der Waals surface area contributed by atoms with Gasteiger partial charge in [-0.25, -0.2) is 0 Å². The second-order valence-electron chi connectivity index (χ2n) is 1.86. The zero-order valence-corrected chi connectivity index (χ0v) is 8.43. The topological polar surface area (TPSA) is 9.23 Å². The predicted octanol–water partition coefficient (Wildman–Crippen LogP) is -0.298. The quantitative estimate of drug-likeness (QED) is 0.547. The van der Waals surface area contributed by atoms with Crippen LogP contribution in [0.15, 0.2) is 30.3 Å². The van der Waals surface area contributed by atoms with E-state index in [4.69, 9.17) is 0 Å². The molecule has 0 aliphatic heterocycles. The van der Waals surface area contributed by atoms with Gasteiger partial charge in [-0.05, 0) is 12.1 Å². The van der Waals surface area contributed by atoms with Crippen LogP contribution in [-0.4, -0.2) is 6.36 Å². The molecule has 0 aliphatic rings. The van der Waals surface area contributed by atoms with Crippen molar-refractivity contribution in [1.29, 1.82) is 0 Å². The fraction of sp³-hybridized carbons (Fsp3) is 0.143. The largest absolute Gasteiger partial charge is 1.00 e. The Kier molecular flexibility index (Phi) is 4.67. The van der Waals surface area contributed by atoms with E-state index < -0.39 is 6.36 Å². The maximum Gasteiger partial charge on any atom is 1.00 e. The molecule has 0 unspecified atom stereocenters. The van der Waals surface area contributed by atoms with Crippen LogP contribution in [0.5, 0.6) is 5.75 Å². The Labute approximate surface area is 91.3 Å². The van der Waals surface area contributed by atoms with Crippen LogP contribution in [0.1, 0.15) is 1.43 Å². The third kappa shape index (κ3) is 4.64. The summed E-state index contributed by atoms with van der Waals surface area (Å²) in [5.74, 6) is -0.194. The second kappa shape index (κ2) is 4.74. The maximum atomic E-state index is 11.5. The standard InChI is InChI=1S/C7H5F3O.Na.H/c8-7(9,10)11-6-4-2-1-3-5-6;;/h1-5H;;/q;+1;-1. The number of halogens is 3. The first kappa shape index (κ1) is 11.8. The summed E-state index contributed by atoms with van der Waals surface area (Å²) >= 11 is 0. The van der Waals surface area contributed by atoms with Crippen LogP contribution >= 0.6 is 0 Å². The number of alkyl halides is 3. The van der Waals surface area contributed by atoms with Crippen molar-refractivity contribution in [2.45, 2.75) is 6.36 Å². The van der Waals surface area contributed by atoms with Crippen LogP contribution in [-0.2, 0) is 0 Å². The molecular formula is C7H6F3NaO. The van der Waals surface area contributed by atoms with Crippen molar-refractivity contribution in [3.05, 3.63) is 30.3 Å². The smallest absolute Gasteiger partial charge is 1.00 e. The van der Waals surface area contributed by atoms with Crippen LogP contribution in [0.3, 0.4) is 0 Å². The van der Waals surface area contributed by atoms with Gasteiger partial charge in [0, 0.05) is 0 Å². The number of ether oxygens (including phenoxy) is 1. The molecular weight excluding hydrogens is 180 g/mol. The Morgan fingerprint density at radius 3 is 2.00 bits per heavy atom. The molecule has 1 aromatic carbocycles. The van der Waals surface area contributed by atoms with E-state index in [9.17, 15) is 13.2 Å². The second-order valence-corrected chi connectivity index (χ2v) is 1.86. The van der Waals surface area contributed by atoms with Gasteiger partial charge in [0.2, 0.25) is 0 Å². The summed E-state index contributed by atoms with van der Waals surface area (Å²) in [4.78, 5) is 0. The van der Waals surface area contributed by atoms with Gasteiger partial charge in [-0.2, -0.15) is 0 Å². The van der Waals surface area contributed by atoms with Crippen LogP contribution in [0.4, 0.5) is 13.2 Å². The molecule has 12 heavy (non-hydrogen) atoms. The Morgan fingerprint density at radius 2 is 1.58 bits per heavy atom. The summed E-state index contributed by atoms with van der Waals surface area (Å²) in [5, 5.41) is 0. The van der Waals surface area contributed by atoms with Crippen molar-refractivity contribution in [2.24, 2.45) is 0 Å². The van der Waals surface area contributed by atoms with Gasteiger partial charge in [0.15, 0.2) is 0 Å². The monoisotopic (exact) mass is 186 g/mol. The summed E-state index contributed by atoms with van der Waals surface area (Å²) in [6.45, 7) is 0. The van der Waals surface area contributed by atoms with Gasteiger partial charge in [-0.1, -0.05) is 18.2 Å². The molecule has 0 saturated heterocycles. The van der Waals surface area contributed by atoms with Gasteiger partial charge in [0.1, 0.15) is 5.75 Å². The van der Waals surface area contributed by atoms with Crippen LogP contribution in [0.2, 0.25) is 0 Å². The van der Waals surface area contributed by atoms with Crippen LogP contribution < -0.4 is 34.3 Å². The Bertz CT molecular complexity index is 227. The molecule has 1 nitrogen and oxygen atoms in total. The van der Waals surface area contributed by atoms with E-state index in [0.29, 0.717) is 0 Å². The van der Waals surface area contributed by atoms with Gasteiger partial charge in [0.05, 0.1) is 0 Å². The molecule has 62 valence electrons. The SMILES string of the molecule is FC(F)(F)Oc1ccccc1.[H-].[Na+]. The van der Waals surface area contributed by atoms with E-state index in [1.54, 1.807) is 6.07 Å². The fourth-order valence-electron chi connectivity index (χ4n) is 0.622. The molecule has 0 bridgehead atoms. The average Bonchev–Trinajstić information content (AvgIpc) is 1.85. The minimum Gasteiger partial charge on any atom is -1.00 e. The van der Waals surface area contributed by atoms with E-state index in [-0.39, 0.29) is 36.7 Å². The van der Waals surface area contributed by atoms with Gasteiger partial charge in [-0.3, -0.25) is 0 Å². The van der Waals surface area contributed by atoms with Gasteiger partial charge >= 0.3 is 35.9 Å². The molecule has 0 heterocycles. The Balaban J connectivity index is 0. The van der Waals surface area contributed by atoms with E-state index in [0.717, 1.165) is 0 Å². The number of para-hydroxylation sites is 1. The zero-order valence-electron chi connectivity index (χ0n) is 7.43. The molecule has 0 atom stereocenters. The first-order valence-corrected chi connectivity index (χ1v) is 2.89. The zero-order chi connectivity index (χ0) is 8.32. The minimum atomic E-state index is -4.60. The normalized spacial score (nSPS) is 10.2. The molecule has 1 rings (SSSR count). The van der Waals surface area contributed by atoms with Crippen molar-refractivity contribution in [3.8, 4) is 5.75 Å². The van der Waals surface area contributed by atoms with Crippen molar-refractivity contribution in [3.63, 3.8) is 0 Å². The third-order valence-electron chi connectivity index (χ3n) is 0.977.